The summed E-state index contributed by atoms with van der Waals surface area (Å²) in [6, 6.07) is 0. The van der Waals surface area contributed by atoms with Crippen LogP contribution in [0.15, 0.2) is 23.3 Å². The highest BCUT2D eigenvalue weighted by molar-refractivity contribution is 5.86. The largest absolute Gasteiger partial charge is 0.478 e. The van der Waals surface area contributed by atoms with Gasteiger partial charge in [0.05, 0.1) is 5.60 Å². The Balaban J connectivity index is 2.15. The van der Waals surface area contributed by atoms with E-state index in [1.165, 1.54) is 0 Å². The van der Waals surface area contributed by atoms with Crippen molar-refractivity contribution in [3.8, 4) is 0 Å². The Hall–Kier alpha value is -1.09. The van der Waals surface area contributed by atoms with Crippen LogP contribution >= 0.6 is 0 Å². The first-order chi connectivity index (χ1) is 8.32. The highest BCUT2D eigenvalue weighted by atomic mass is 16.4. The lowest BCUT2D eigenvalue weighted by Gasteiger charge is -2.39. The molecular formula is C15H22O3. The van der Waals surface area contributed by atoms with Crippen LogP contribution in [0.3, 0.4) is 0 Å². The second-order valence-corrected chi connectivity index (χ2v) is 6.38. The van der Waals surface area contributed by atoms with Gasteiger partial charge in [-0.1, -0.05) is 26.0 Å². The summed E-state index contributed by atoms with van der Waals surface area (Å²) in [5.41, 5.74) is 0.988. The van der Waals surface area contributed by atoms with Crippen LogP contribution in [0.5, 0.6) is 0 Å². The van der Waals surface area contributed by atoms with Crippen LogP contribution in [0, 0.1) is 5.41 Å². The van der Waals surface area contributed by atoms with Crippen molar-refractivity contribution in [2.24, 2.45) is 5.41 Å². The Bertz CT molecular complexity index is 417. The molecule has 0 unspecified atom stereocenters. The Morgan fingerprint density at radius 3 is 2.50 bits per heavy atom. The van der Waals surface area contributed by atoms with Crippen LogP contribution in [-0.2, 0) is 4.79 Å². The molecule has 0 aromatic heterocycles. The van der Waals surface area contributed by atoms with Gasteiger partial charge in [0.1, 0.15) is 0 Å². The molecule has 0 saturated carbocycles. The molecule has 100 valence electrons. The summed E-state index contributed by atoms with van der Waals surface area (Å²) in [5.74, 6) is -0.852. The first kappa shape index (κ1) is 13.3. The van der Waals surface area contributed by atoms with E-state index in [2.05, 4.69) is 19.9 Å². The number of rotatable bonds is 2. The van der Waals surface area contributed by atoms with Crippen molar-refractivity contribution in [2.75, 3.05) is 0 Å². The molecule has 0 spiro atoms. The number of aliphatic hydroxyl groups is 1. The zero-order valence-corrected chi connectivity index (χ0v) is 11.2. The number of carboxylic acid groups (broad SMARTS) is 1. The molecule has 3 nitrogen and oxygen atoms in total. The van der Waals surface area contributed by atoms with Crippen LogP contribution in [0.4, 0.5) is 0 Å². The molecule has 0 heterocycles. The minimum Gasteiger partial charge on any atom is -0.478 e. The first-order valence-electron chi connectivity index (χ1n) is 6.67. The van der Waals surface area contributed by atoms with Crippen LogP contribution in [0.1, 0.15) is 52.4 Å². The van der Waals surface area contributed by atoms with Crippen molar-refractivity contribution in [1.29, 1.82) is 0 Å². The molecule has 2 rings (SSSR count). The summed E-state index contributed by atoms with van der Waals surface area (Å²) < 4.78 is 0. The van der Waals surface area contributed by atoms with Gasteiger partial charge in [0.2, 0.25) is 0 Å². The predicted molar refractivity (Wildman–Crippen MR) is 70.2 cm³/mol. The van der Waals surface area contributed by atoms with Crippen molar-refractivity contribution in [1.82, 2.24) is 0 Å². The average Bonchev–Trinajstić information content (AvgIpc) is 2.28. The van der Waals surface area contributed by atoms with Gasteiger partial charge in [-0.25, -0.2) is 4.79 Å². The molecule has 0 aliphatic heterocycles. The summed E-state index contributed by atoms with van der Waals surface area (Å²) in [5, 5.41) is 19.7. The average molecular weight is 250 g/mol. The molecule has 2 aliphatic carbocycles. The second kappa shape index (κ2) is 4.54. The van der Waals surface area contributed by atoms with E-state index in [0.717, 1.165) is 24.8 Å². The lowest BCUT2D eigenvalue weighted by molar-refractivity contribution is -0.133. The van der Waals surface area contributed by atoms with Gasteiger partial charge in [0.15, 0.2) is 0 Å². The number of hydrogen-bond donors (Lipinski definition) is 2. The lowest BCUT2D eigenvalue weighted by Crippen LogP contribution is -2.37. The fraction of sp³-hybridized carbons (Fsp3) is 0.667. The third kappa shape index (κ3) is 2.66. The third-order valence-corrected chi connectivity index (χ3v) is 4.25. The van der Waals surface area contributed by atoms with E-state index in [-0.39, 0.29) is 5.41 Å². The highest BCUT2D eigenvalue weighted by Gasteiger charge is 2.38. The molecule has 0 fully saturated rings. The zero-order valence-electron chi connectivity index (χ0n) is 11.2. The minimum absolute atomic E-state index is 0.247. The van der Waals surface area contributed by atoms with Crippen molar-refractivity contribution in [3.63, 3.8) is 0 Å². The molecular weight excluding hydrogens is 228 g/mol. The van der Waals surface area contributed by atoms with Gasteiger partial charge >= 0.3 is 5.97 Å². The molecule has 3 heteroatoms. The number of carboxylic acids is 1. The van der Waals surface area contributed by atoms with E-state index in [0.29, 0.717) is 24.8 Å². The Labute approximate surface area is 108 Å². The number of allylic oxidation sites excluding steroid dienone is 1. The lowest BCUT2D eigenvalue weighted by atomic mass is 9.69. The summed E-state index contributed by atoms with van der Waals surface area (Å²) in [6.07, 6.45) is 8.37. The van der Waals surface area contributed by atoms with E-state index in [9.17, 15) is 9.90 Å². The molecule has 0 saturated heterocycles. The number of hydrogen-bond acceptors (Lipinski definition) is 2. The van der Waals surface area contributed by atoms with E-state index in [4.69, 9.17) is 5.11 Å². The van der Waals surface area contributed by atoms with Crippen molar-refractivity contribution in [2.45, 2.75) is 58.0 Å². The second-order valence-electron chi connectivity index (χ2n) is 6.38. The SMILES string of the molecule is CC1(C)CCC=C([C@]2(O)CC=C(C(=O)O)CC2)C1. The van der Waals surface area contributed by atoms with Crippen LogP contribution in [-0.4, -0.2) is 21.8 Å². The number of carbonyl (C=O) groups is 1. The standard InChI is InChI=1S/C15H22O3/c1-14(2)7-3-4-12(10-14)15(18)8-5-11(6-9-15)13(16)17/h4-5,18H,3,6-10H2,1-2H3,(H,16,17)/t15-/m0/s1. The topological polar surface area (TPSA) is 57.5 Å². The fourth-order valence-electron chi connectivity index (χ4n) is 2.99. The van der Waals surface area contributed by atoms with Gasteiger partial charge in [0.25, 0.3) is 0 Å². The molecule has 0 amide bonds. The molecule has 0 radical (unpaired) electrons. The van der Waals surface area contributed by atoms with Crippen LogP contribution in [0.25, 0.3) is 0 Å². The first-order valence-corrected chi connectivity index (χ1v) is 6.67. The molecule has 0 aromatic carbocycles. The van der Waals surface area contributed by atoms with Crippen LogP contribution in [0.2, 0.25) is 0 Å². The zero-order chi connectivity index (χ0) is 13.4. The Morgan fingerprint density at radius 2 is 2.00 bits per heavy atom. The molecule has 1 atom stereocenters. The number of aliphatic carboxylic acids is 1. The van der Waals surface area contributed by atoms with Gasteiger partial charge in [-0.2, -0.15) is 0 Å². The maximum absolute atomic E-state index is 10.9. The molecule has 0 aromatic rings. The quantitative estimate of drug-likeness (QED) is 0.740. The van der Waals surface area contributed by atoms with Gasteiger partial charge in [0, 0.05) is 5.57 Å². The molecule has 18 heavy (non-hydrogen) atoms. The normalized spacial score (nSPS) is 31.5. The maximum Gasteiger partial charge on any atom is 0.331 e. The van der Waals surface area contributed by atoms with Crippen molar-refractivity contribution >= 4 is 5.97 Å². The van der Waals surface area contributed by atoms with Crippen molar-refractivity contribution in [3.05, 3.63) is 23.3 Å². The highest BCUT2D eigenvalue weighted by Crippen LogP contribution is 2.43. The Morgan fingerprint density at radius 1 is 1.28 bits per heavy atom. The van der Waals surface area contributed by atoms with Gasteiger partial charge in [-0.3, -0.25) is 0 Å². The summed E-state index contributed by atoms with van der Waals surface area (Å²) in [6.45, 7) is 4.45. The predicted octanol–water partition coefficient (Wildman–Crippen LogP) is 3.05. The van der Waals surface area contributed by atoms with Crippen LogP contribution < -0.4 is 0 Å². The Kier molecular flexibility index (Phi) is 3.37. The van der Waals surface area contributed by atoms with E-state index < -0.39 is 11.6 Å². The van der Waals surface area contributed by atoms with Crippen molar-refractivity contribution < 1.29 is 15.0 Å². The van der Waals surface area contributed by atoms with Gasteiger partial charge in [-0.15, -0.1) is 0 Å². The summed E-state index contributed by atoms with van der Waals surface area (Å²) in [7, 11) is 0. The summed E-state index contributed by atoms with van der Waals surface area (Å²) in [4.78, 5) is 10.9. The van der Waals surface area contributed by atoms with Gasteiger partial charge < -0.3 is 10.2 Å². The third-order valence-electron chi connectivity index (χ3n) is 4.25. The monoisotopic (exact) mass is 250 g/mol. The summed E-state index contributed by atoms with van der Waals surface area (Å²) >= 11 is 0. The smallest absolute Gasteiger partial charge is 0.331 e. The van der Waals surface area contributed by atoms with E-state index in [1.807, 2.05) is 0 Å². The van der Waals surface area contributed by atoms with Gasteiger partial charge in [-0.05, 0) is 49.5 Å². The molecule has 2 aliphatic rings. The fourth-order valence-corrected chi connectivity index (χ4v) is 2.99. The van der Waals surface area contributed by atoms with E-state index in [1.54, 1.807) is 6.08 Å². The minimum atomic E-state index is -0.852. The maximum atomic E-state index is 10.9. The van der Waals surface area contributed by atoms with E-state index >= 15 is 0 Å². The molecule has 2 N–H and O–H groups in total. The molecule has 0 bridgehead atoms.